The van der Waals surface area contributed by atoms with Crippen LogP contribution in [0.3, 0.4) is 0 Å². The standard InChI is InChI=1S/C24H26N2O3/c1-2-29-20-10-7-9-18(15-20)23(26-13-6-5-12-22(26)24(27)28)19-14-17-8-3-4-11-21(17)25-16-19/h3-4,7-11,14-16,22-23H,2,5-6,12-13H2,1H3,(H,27,28). The van der Waals surface area contributed by atoms with Crippen LogP contribution in [0.15, 0.2) is 60.8 Å². The second kappa shape index (κ2) is 8.62. The Labute approximate surface area is 170 Å². The Balaban J connectivity index is 1.83. The van der Waals surface area contributed by atoms with Crippen LogP contribution in [0.2, 0.25) is 0 Å². The van der Waals surface area contributed by atoms with Crippen LogP contribution in [-0.4, -0.2) is 40.2 Å². The number of para-hydroxylation sites is 1. The molecule has 1 aromatic heterocycles. The molecule has 0 aliphatic carbocycles. The fraction of sp³-hybridized carbons (Fsp3) is 0.333. The minimum atomic E-state index is -0.760. The number of fused-ring (bicyclic) bond motifs is 1. The molecule has 1 aliphatic rings. The fourth-order valence-corrected chi connectivity index (χ4v) is 4.28. The zero-order valence-electron chi connectivity index (χ0n) is 16.6. The van der Waals surface area contributed by atoms with Crippen molar-refractivity contribution < 1.29 is 14.6 Å². The number of nitrogens with zero attached hydrogens (tertiary/aromatic N) is 2. The van der Waals surface area contributed by atoms with Gasteiger partial charge in [-0.25, -0.2) is 0 Å². The number of hydrogen-bond acceptors (Lipinski definition) is 4. The zero-order valence-corrected chi connectivity index (χ0v) is 16.6. The molecule has 0 spiro atoms. The van der Waals surface area contributed by atoms with Gasteiger partial charge in [0.2, 0.25) is 0 Å². The van der Waals surface area contributed by atoms with Gasteiger partial charge in [0.15, 0.2) is 0 Å². The van der Waals surface area contributed by atoms with Gasteiger partial charge in [0, 0.05) is 11.6 Å². The molecule has 2 atom stereocenters. The van der Waals surface area contributed by atoms with E-state index in [1.807, 2.05) is 55.6 Å². The van der Waals surface area contributed by atoms with E-state index in [-0.39, 0.29) is 6.04 Å². The molecule has 3 aromatic rings. The maximum atomic E-state index is 12.0. The molecule has 1 N–H and O–H groups in total. The average Bonchev–Trinajstić information content (AvgIpc) is 2.75. The smallest absolute Gasteiger partial charge is 0.320 e. The van der Waals surface area contributed by atoms with E-state index in [0.29, 0.717) is 13.0 Å². The van der Waals surface area contributed by atoms with Crippen molar-refractivity contribution in [2.24, 2.45) is 0 Å². The van der Waals surface area contributed by atoms with Crippen molar-refractivity contribution >= 4 is 16.9 Å². The van der Waals surface area contributed by atoms with Crippen LogP contribution in [-0.2, 0) is 4.79 Å². The third-order valence-corrected chi connectivity index (χ3v) is 5.57. The van der Waals surface area contributed by atoms with Crippen molar-refractivity contribution in [1.82, 2.24) is 9.88 Å². The van der Waals surface area contributed by atoms with E-state index in [4.69, 9.17) is 4.74 Å². The molecule has 150 valence electrons. The van der Waals surface area contributed by atoms with Crippen molar-refractivity contribution in [2.75, 3.05) is 13.2 Å². The van der Waals surface area contributed by atoms with Gasteiger partial charge in [-0.2, -0.15) is 0 Å². The molecule has 5 nitrogen and oxygen atoms in total. The van der Waals surface area contributed by atoms with E-state index in [2.05, 4.69) is 22.0 Å². The Hall–Kier alpha value is -2.92. The van der Waals surface area contributed by atoms with Crippen LogP contribution < -0.4 is 4.74 Å². The molecule has 29 heavy (non-hydrogen) atoms. The van der Waals surface area contributed by atoms with Gasteiger partial charge in [-0.05, 0) is 61.7 Å². The normalized spacial score (nSPS) is 18.4. The van der Waals surface area contributed by atoms with E-state index in [1.165, 1.54) is 0 Å². The van der Waals surface area contributed by atoms with Crippen molar-refractivity contribution in [3.8, 4) is 5.75 Å². The number of carboxylic acid groups (broad SMARTS) is 1. The summed E-state index contributed by atoms with van der Waals surface area (Å²) < 4.78 is 5.71. The number of aliphatic carboxylic acids is 1. The number of benzene rings is 2. The molecule has 2 heterocycles. The summed E-state index contributed by atoms with van der Waals surface area (Å²) in [6.07, 6.45) is 4.48. The predicted octanol–water partition coefficient (Wildman–Crippen LogP) is 4.66. The first-order valence-electron chi connectivity index (χ1n) is 10.2. The number of piperidine rings is 1. The van der Waals surface area contributed by atoms with Gasteiger partial charge < -0.3 is 9.84 Å². The predicted molar refractivity (Wildman–Crippen MR) is 113 cm³/mol. The number of carbonyl (C=O) groups is 1. The van der Waals surface area contributed by atoms with Gasteiger partial charge in [-0.1, -0.05) is 36.8 Å². The number of likely N-dealkylation sites (tertiary alicyclic amines) is 1. The van der Waals surface area contributed by atoms with Crippen LogP contribution in [0.5, 0.6) is 5.75 Å². The number of aromatic nitrogens is 1. The summed E-state index contributed by atoms with van der Waals surface area (Å²) in [6, 6.07) is 17.4. The number of rotatable bonds is 6. The van der Waals surface area contributed by atoms with E-state index in [9.17, 15) is 9.90 Å². The van der Waals surface area contributed by atoms with E-state index >= 15 is 0 Å². The highest BCUT2D eigenvalue weighted by Crippen LogP contribution is 2.36. The largest absolute Gasteiger partial charge is 0.494 e. The molecule has 0 bridgehead atoms. The van der Waals surface area contributed by atoms with Gasteiger partial charge in [0.05, 0.1) is 18.2 Å². The molecule has 2 unspecified atom stereocenters. The third-order valence-electron chi connectivity index (χ3n) is 5.57. The topological polar surface area (TPSA) is 62.7 Å². The molecule has 0 saturated carbocycles. The maximum Gasteiger partial charge on any atom is 0.320 e. The lowest BCUT2D eigenvalue weighted by Crippen LogP contribution is -2.46. The molecular formula is C24H26N2O3. The summed E-state index contributed by atoms with van der Waals surface area (Å²) in [7, 11) is 0. The highest BCUT2D eigenvalue weighted by molar-refractivity contribution is 5.79. The van der Waals surface area contributed by atoms with Gasteiger partial charge in [0.25, 0.3) is 0 Å². The Morgan fingerprint density at radius 1 is 1.17 bits per heavy atom. The molecule has 1 fully saturated rings. The number of pyridine rings is 1. The van der Waals surface area contributed by atoms with Crippen molar-refractivity contribution in [2.45, 2.75) is 38.3 Å². The van der Waals surface area contributed by atoms with E-state index < -0.39 is 12.0 Å². The minimum Gasteiger partial charge on any atom is -0.494 e. The van der Waals surface area contributed by atoms with Gasteiger partial charge in [0.1, 0.15) is 11.8 Å². The summed E-state index contributed by atoms with van der Waals surface area (Å²) >= 11 is 0. The summed E-state index contributed by atoms with van der Waals surface area (Å²) in [5.41, 5.74) is 2.97. The second-order valence-corrected chi connectivity index (χ2v) is 7.46. The first kappa shape index (κ1) is 19.4. The summed E-state index contributed by atoms with van der Waals surface area (Å²) in [5.74, 6) is 0.0389. The van der Waals surface area contributed by atoms with Gasteiger partial charge in [-0.3, -0.25) is 14.7 Å². The quantitative estimate of drug-likeness (QED) is 0.663. The third kappa shape index (κ3) is 4.10. The first-order valence-corrected chi connectivity index (χ1v) is 10.2. The van der Waals surface area contributed by atoms with Crippen molar-refractivity contribution in [1.29, 1.82) is 0 Å². The highest BCUT2D eigenvalue weighted by atomic mass is 16.5. The molecular weight excluding hydrogens is 364 g/mol. The Morgan fingerprint density at radius 2 is 2.03 bits per heavy atom. The molecule has 0 radical (unpaired) electrons. The second-order valence-electron chi connectivity index (χ2n) is 7.46. The van der Waals surface area contributed by atoms with Crippen LogP contribution in [0, 0.1) is 0 Å². The first-order chi connectivity index (χ1) is 14.2. The molecule has 4 rings (SSSR count). The van der Waals surface area contributed by atoms with E-state index in [1.54, 1.807) is 0 Å². The number of carboxylic acids is 1. The van der Waals surface area contributed by atoms with Gasteiger partial charge >= 0.3 is 5.97 Å². The van der Waals surface area contributed by atoms with Gasteiger partial charge in [-0.15, -0.1) is 0 Å². The lowest BCUT2D eigenvalue weighted by Gasteiger charge is -2.39. The number of ether oxygens (including phenoxy) is 1. The zero-order chi connectivity index (χ0) is 20.2. The monoisotopic (exact) mass is 390 g/mol. The van der Waals surface area contributed by atoms with Crippen LogP contribution in [0.25, 0.3) is 10.9 Å². The molecule has 2 aromatic carbocycles. The highest BCUT2D eigenvalue weighted by Gasteiger charge is 2.35. The SMILES string of the molecule is CCOc1cccc(C(c2cnc3ccccc3c2)N2CCCCC2C(=O)O)c1. The fourth-order valence-electron chi connectivity index (χ4n) is 4.28. The Bertz CT molecular complexity index is 1000. The van der Waals surface area contributed by atoms with Crippen LogP contribution in [0.1, 0.15) is 43.4 Å². The summed E-state index contributed by atoms with van der Waals surface area (Å²) in [6.45, 7) is 3.29. The molecule has 1 saturated heterocycles. The molecule has 1 aliphatic heterocycles. The average molecular weight is 390 g/mol. The maximum absolute atomic E-state index is 12.0. The van der Waals surface area contributed by atoms with Crippen molar-refractivity contribution in [3.05, 3.63) is 71.9 Å². The summed E-state index contributed by atoms with van der Waals surface area (Å²) in [5, 5.41) is 10.9. The van der Waals surface area contributed by atoms with E-state index in [0.717, 1.165) is 47.2 Å². The Kier molecular flexibility index (Phi) is 5.76. The van der Waals surface area contributed by atoms with Crippen LogP contribution >= 0.6 is 0 Å². The number of hydrogen-bond donors (Lipinski definition) is 1. The minimum absolute atomic E-state index is 0.186. The molecule has 5 heteroatoms. The Morgan fingerprint density at radius 3 is 2.86 bits per heavy atom. The molecule has 0 amide bonds. The van der Waals surface area contributed by atoms with Crippen molar-refractivity contribution in [3.63, 3.8) is 0 Å². The lowest BCUT2D eigenvalue weighted by molar-refractivity contribution is -0.145. The summed E-state index contributed by atoms with van der Waals surface area (Å²) in [4.78, 5) is 18.8. The van der Waals surface area contributed by atoms with Crippen LogP contribution in [0.4, 0.5) is 0 Å². The lowest BCUT2D eigenvalue weighted by atomic mass is 9.92.